The van der Waals surface area contributed by atoms with Crippen LogP contribution in [0.3, 0.4) is 0 Å². The molecule has 2 heterocycles. The summed E-state index contributed by atoms with van der Waals surface area (Å²) in [5.74, 6) is 0. The number of nitrogens with zero attached hydrogens (tertiary/aromatic N) is 1. The summed E-state index contributed by atoms with van der Waals surface area (Å²) in [6, 6.07) is 8.08. The first-order chi connectivity index (χ1) is 9.13. The average molecular weight is 276 g/mol. The minimum Gasteiger partial charge on any atom is -0.377 e. The first-order valence-electron chi connectivity index (χ1n) is 6.69. The van der Waals surface area contributed by atoms with E-state index in [0.29, 0.717) is 6.54 Å². The van der Waals surface area contributed by atoms with Gasteiger partial charge in [0.2, 0.25) is 0 Å². The number of aromatic nitrogens is 1. The Morgan fingerprint density at radius 1 is 1.26 bits per heavy atom. The van der Waals surface area contributed by atoms with Crippen molar-refractivity contribution in [2.24, 2.45) is 0 Å². The second-order valence-electron chi connectivity index (χ2n) is 4.57. The van der Waals surface area contributed by atoms with Crippen LogP contribution in [0.15, 0.2) is 35.3 Å². The highest BCUT2D eigenvalue weighted by molar-refractivity contribution is 7.12. The van der Waals surface area contributed by atoms with Crippen LogP contribution in [0.2, 0.25) is 0 Å². The van der Waals surface area contributed by atoms with Gasteiger partial charge in [0, 0.05) is 28.6 Å². The Bertz CT molecular complexity index is 600. The molecule has 0 amide bonds. The monoisotopic (exact) mass is 276 g/mol. The van der Waals surface area contributed by atoms with E-state index in [1.54, 1.807) is 10.6 Å². The van der Waals surface area contributed by atoms with Gasteiger partial charge in [0.25, 0.3) is 5.56 Å². The Morgan fingerprint density at radius 2 is 2.05 bits per heavy atom. The minimum absolute atomic E-state index is 0.0464. The number of anilines is 1. The molecule has 102 valence electrons. The molecular formula is C15H20N2OS. The van der Waals surface area contributed by atoms with Crippen molar-refractivity contribution in [3.05, 3.63) is 50.6 Å². The lowest BCUT2D eigenvalue weighted by molar-refractivity contribution is 0.726. The predicted molar refractivity (Wildman–Crippen MR) is 82.1 cm³/mol. The molecule has 1 N–H and O–H groups in total. The summed E-state index contributed by atoms with van der Waals surface area (Å²) in [5.41, 5.74) is 1.03. The van der Waals surface area contributed by atoms with Crippen molar-refractivity contribution in [3.63, 3.8) is 0 Å². The third kappa shape index (κ3) is 3.26. The Balaban J connectivity index is 2.14. The van der Waals surface area contributed by atoms with Gasteiger partial charge in [0.15, 0.2) is 0 Å². The molecule has 0 saturated carbocycles. The lowest BCUT2D eigenvalue weighted by atomic mass is 10.2. The molecule has 3 nitrogen and oxygen atoms in total. The van der Waals surface area contributed by atoms with E-state index in [1.165, 1.54) is 9.75 Å². The zero-order chi connectivity index (χ0) is 13.8. The SMILES string of the molecule is CCc1ccc(C(C)Nc2ccc(=O)n(CC)c2)s1. The van der Waals surface area contributed by atoms with Gasteiger partial charge >= 0.3 is 0 Å². The van der Waals surface area contributed by atoms with E-state index in [-0.39, 0.29) is 11.6 Å². The van der Waals surface area contributed by atoms with Crippen LogP contribution >= 0.6 is 11.3 Å². The smallest absolute Gasteiger partial charge is 0.250 e. The molecule has 0 fully saturated rings. The lowest BCUT2D eigenvalue weighted by Gasteiger charge is -2.14. The highest BCUT2D eigenvalue weighted by Gasteiger charge is 2.08. The van der Waals surface area contributed by atoms with E-state index in [2.05, 4.69) is 31.3 Å². The van der Waals surface area contributed by atoms with E-state index in [0.717, 1.165) is 12.1 Å². The second kappa shape index (κ2) is 6.06. The Hall–Kier alpha value is -1.55. The van der Waals surface area contributed by atoms with Gasteiger partial charge in [-0.25, -0.2) is 0 Å². The fourth-order valence-corrected chi connectivity index (χ4v) is 2.96. The number of nitrogens with one attached hydrogen (secondary N) is 1. The van der Waals surface area contributed by atoms with Crippen molar-refractivity contribution >= 4 is 17.0 Å². The van der Waals surface area contributed by atoms with Crippen molar-refractivity contribution in [2.75, 3.05) is 5.32 Å². The quantitative estimate of drug-likeness (QED) is 0.904. The maximum absolute atomic E-state index is 11.5. The molecule has 0 spiro atoms. The van der Waals surface area contributed by atoms with Crippen LogP contribution in [0.1, 0.15) is 36.6 Å². The van der Waals surface area contributed by atoms with Crippen molar-refractivity contribution in [1.82, 2.24) is 4.57 Å². The number of pyridine rings is 1. The van der Waals surface area contributed by atoms with E-state index in [1.807, 2.05) is 30.5 Å². The Labute approximate surface area is 117 Å². The Kier molecular flexibility index (Phi) is 4.43. The summed E-state index contributed by atoms with van der Waals surface area (Å²) in [6.45, 7) is 6.99. The summed E-state index contributed by atoms with van der Waals surface area (Å²) in [5, 5.41) is 3.45. The molecule has 0 aliphatic heterocycles. The lowest BCUT2D eigenvalue weighted by Crippen LogP contribution is -2.18. The molecule has 0 radical (unpaired) electrons. The molecule has 0 aromatic carbocycles. The third-order valence-electron chi connectivity index (χ3n) is 3.17. The number of hydrogen-bond acceptors (Lipinski definition) is 3. The molecule has 1 atom stereocenters. The number of thiophene rings is 1. The maximum Gasteiger partial charge on any atom is 0.250 e. The summed E-state index contributed by atoms with van der Waals surface area (Å²) in [7, 11) is 0. The summed E-state index contributed by atoms with van der Waals surface area (Å²) >= 11 is 1.84. The largest absolute Gasteiger partial charge is 0.377 e. The zero-order valence-corrected chi connectivity index (χ0v) is 12.5. The van der Waals surface area contributed by atoms with Gasteiger partial charge < -0.3 is 9.88 Å². The van der Waals surface area contributed by atoms with E-state index < -0.39 is 0 Å². The molecular weight excluding hydrogens is 256 g/mol. The van der Waals surface area contributed by atoms with Crippen LogP contribution in [0.4, 0.5) is 5.69 Å². The number of rotatable bonds is 5. The van der Waals surface area contributed by atoms with Crippen LogP contribution in [0, 0.1) is 0 Å². The highest BCUT2D eigenvalue weighted by atomic mass is 32.1. The van der Waals surface area contributed by atoms with Crippen LogP contribution in [-0.4, -0.2) is 4.57 Å². The number of aryl methyl sites for hydroxylation is 2. The van der Waals surface area contributed by atoms with E-state index >= 15 is 0 Å². The van der Waals surface area contributed by atoms with Gasteiger partial charge in [-0.1, -0.05) is 6.92 Å². The molecule has 1 unspecified atom stereocenters. The maximum atomic E-state index is 11.5. The fraction of sp³-hybridized carbons (Fsp3) is 0.400. The van der Waals surface area contributed by atoms with Gasteiger partial charge in [-0.15, -0.1) is 11.3 Å². The van der Waals surface area contributed by atoms with Crippen LogP contribution in [0.25, 0.3) is 0 Å². The summed E-state index contributed by atoms with van der Waals surface area (Å²) < 4.78 is 1.71. The molecule has 2 aromatic rings. The fourth-order valence-electron chi connectivity index (χ4n) is 2.00. The molecule has 4 heteroatoms. The van der Waals surface area contributed by atoms with Crippen molar-refractivity contribution in [3.8, 4) is 0 Å². The molecule has 0 aliphatic carbocycles. The first kappa shape index (κ1) is 13.9. The highest BCUT2D eigenvalue weighted by Crippen LogP contribution is 2.26. The normalized spacial score (nSPS) is 12.4. The molecule has 0 aliphatic rings. The Morgan fingerprint density at radius 3 is 2.68 bits per heavy atom. The third-order valence-corrected chi connectivity index (χ3v) is 4.58. The van der Waals surface area contributed by atoms with E-state index in [9.17, 15) is 4.79 Å². The van der Waals surface area contributed by atoms with Crippen molar-refractivity contribution in [1.29, 1.82) is 0 Å². The molecule has 0 bridgehead atoms. The van der Waals surface area contributed by atoms with Gasteiger partial charge in [-0.3, -0.25) is 4.79 Å². The van der Waals surface area contributed by atoms with Crippen LogP contribution in [-0.2, 0) is 13.0 Å². The van der Waals surface area contributed by atoms with Gasteiger partial charge in [0.05, 0.1) is 11.7 Å². The standard InChI is InChI=1S/C15H20N2OS/c1-4-13-7-8-14(19-13)11(3)16-12-6-9-15(18)17(5-2)10-12/h6-11,16H,4-5H2,1-3H3. The van der Waals surface area contributed by atoms with Gasteiger partial charge in [-0.05, 0) is 38.5 Å². The van der Waals surface area contributed by atoms with Crippen molar-refractivity contribution in [2.45, 2.75) is 39.8 Å². The zero-order valence-electron chi connectivity index (χ0n) is 11.6. The van der Waals surface area contributed by atoms with Gasteiger partial charge in [0.1, 0.15) is 0 Å². The topological polar surface area (TPSA) is 34.0 Å². The van der Waals surface area contributed by atoms with Crippen LogP contribution in [0.5, 0.6) is 0 Å². The minimum atomic E-state index is 0.0464. The summed E-state index contributed by atoms with van der Waals surface area (Å²) in [4.78, 5) is 14.3. The van der Waals surface area contributed by atoms with Gasteiger partial charge in [-0.2, -0.15) is 0 Å². The summed E-state index contributed by atoms with van der Waals surface area (Å²) in [6.07, 6.45) is 2.96. The van der Waals surface area contributed by atoms with Crippen molar-refractivity contribution < 1.29 is 0 Å². The number of hydrogen-bond donors (Lipinski definition) is 1. The molecule has 19 heavy (non-hydrogen) atoms. The average Bonchev–Trinajstić information content (AvgIpc) is 2.90. The van der Waals surface area contributed by atoms with Crippen LogP contribution < -0.4 is 10.9 Å². The molecule has 2 rings (SSSR count). The molecule has 0 saturated heterocycles. The first-order valence-corrected chi connectivity index (χ1v) is 7.51. The van der Waals surface area contributed by atoms with E-state index in [4.69, 9.17) is 0 Å². The predicted octanol–water partition coefficient (Wildman–Crippen LogP) is 3.67. The molecule has 2 aromatic heterocycles. The second-order valence-corrected chi connectivity index (χ2v) is 5.77.